The SMILES string of the molecule is O=C(O)CC(CNC(=O)OCC1c2ccccc2-c2ccccc21)C1CCC1. The number of aliphatic carboxylic acids is 1. The predicted octanol–water partition coefficient (Wildman–Crippen LogP) is 4.42. The Kier molecular flexibility index (Phi) is 5.33. The number of benzene rings is 2. The largest absolute Gasteiger partial charge is 0.481 e. The number of ether oxygens (including phenoxy) is 1. The van der Waals surface area contributed by atoms with Crippen molar-refractivity contribution in [2.24, 2.45) is 11.8 Å². The zero-order chi connectivity index (χ0) is 19.5. The van der Waals surface area contributed by atoms with E-state index >= 15 is 0 Å². The van der Waals surface area contributed by atoms with Crippen molar-refractivity contribution in [1.82, 2.24) is 5.32 Å². The van der Waals surface area contributed by atoms with Gasteiger partial charge >= 0.3 is 12.1 Å². The highest BCUT2D eigenvalue weighted by Gasteiger charge is 2.31. The van der Waals surface area contributed by atoms with Crippen LogP contribution in [0, 0.1) is 11.8 Å². The van der Waals surface area contributed by atoms with Crippen LogP contribution in [-0.4, -0.2) is 30.3 Å². The number of amides is 1. The number of fused-ring (bicyclic) bond motifs is 3. The molecule has 2 aliphatic carbocycles. The quantitative estimate of drug-likeness (QED) is 0.747. The molecule has 4 rings (SSSR count). The fourth-order valence-corrected chi connectivity index (χ4v) is 4.40. The average molecular weight is 379 g/mol. The van der Waals surface area contributed by atoms with Gasteiger partial charge in [0.25, 0.3) is 0 Å². The number of hydrogen-bond donors (Lipinski definition) is 2. The molecule has 1 amide bonds. The Balaban J connectivity index is 1.36. The summed E-state index contributed by atoms with van der Waals surface area (Å²) in [5.74, 6) is -0.414. The number of carbonyl (C=O) groups excluding carboxylic acids is 1. The van der Waals surface area contributed by atoms with Crippen molar-refractivity contribution >= 4 is 12.1 Å². The van der Waals surface area contributed by atoms with Gasteiger partial charge in [-0.05, 0) is 34.1 Å². The van der Waals surface area contributed by atoms with Gasteiger partial charge in [0, 0.05) is 12.5 Å². The van der Waals surface area contributed by atoms with Gasteiger partial charge in [0.2, 0.25) is 0 Å². The summed E-state index contributed by atoms with van der Waals surface area (Å²) in [7, 11) is 0. The number of rotatable bonds is 7. The Morgan fingerprint density at radius 3 is 2.18 bits per heavy atom. The van der Waals surface area contributed by atoms with E-state index in [1.165, 1.54) is 22.3 Å². The minimum absolute atomic E-state index is 0.0215. The van der Waals surface area contributed by atoms with Gasteiger partial charge in [0.1, 0.15) is 6.61 Å². The van der Waals surface area contributed by atoms with Gasteiger partial charge in [0.15, 0.2) is 0 Å². The predicted molar refractivity (Wildman–Crippen MR) is 106 cm³/mol. The van der Waals surface area contributed by atoms with E-state index in [1.807, 2.05) is 24.3 Å². The molecule has 1 saturated carbocycles. The molecule has 0 heterocycles. The van der Waals surface area contributed by atoms with E-state index < -0.39 is 12.1 Å². The molecule has 0 aliphatic heterocycles. The maximum atomic E-state index is 12.3. The molecule has 1 unspecified atom stereocenters. The monoisotopic (exact) mass is 379 g/mol. The second kappa shape index (κ2) is 8.05. The van der Waals surface area contributed by atoms with Crippen LogP contribution in [-0.2, 0) is 9.53 Å². The summed E-state index contributed by atoms with van der Waals surface area (Å²) in [4.78, 5) is 23.4. The Bertz CT molecular complexity index is 829. The van der Waals surface area contributed by atoms with Gasteiger partial charge in [0.05, 0.1) is 6.42 Å². The van der Waals surface area contributed by atoms with Gasteiger partial charge in [-0.25, -0.2) is 4.79 Å². The summed E-state index contributed by atoms with van der Waals surface area (Å²) in [6.07, 6.45) is 2.85. The molecule has 0 aromatic heterocycles. The van der Waals surface area contributed by atoms with E-state index in [2.05, 4.69) is 29.6 Å². The summed E-state index contributed by atoms with van der Waals surface area (Å²) in [6, 6.07) is 16.4. The van der Waals surface area contributed by atoms with Gasteiger partial charge in [-0.1, -0.05) is 67.8 Å². The summed E-state index contributed by atoms with van der Waals surface area (Å²) in [6.45, 7) is 0.626. The van der Waals surface area contributed by atoms with E-state index in [0.29, 0.717) is 12.5 Å². The maximum absolute atomic E-state index is 12.3. The first-order valence-electron chi connectivity index (χ1n) is 9.94. The minimum Gasteiger partial charge on any atom is -0.481 e. The molecule has 0 saturated heterocycles. The third-order valence-corrected chi connectivity index (χ3v) is 6.11. The number of hydrogen-bond acceptors (Lipinski definition) is 3. The molecule has 5 heteroatoms. The molecule has 1 atom stereocenters. The zero-order valence-electron chi connectivity index (χ0n) is 15.8. The number of alkyl carbamates (subject to hydrolysis) is 1. The second-order valence-corrected chi connectivity index (χ2v) is 7.76. The topological polar surface area (TPSA) is 75.6 Å². The normalized spacial score (nSPS) is 16.6. The molecule has 2 aromatic rings. The Morgan fingerprint density at radius 2 is 1.64 bits per heavy atom. The molecule has 5 nitrogen and oxygen atoms in total. The third kappa shape index (κ3) is 3.75. The summed E-state index contributed by atoms with van der Waals surface area (Å²) in [5.41, 5.74) is 4.74. The van der Waals surface area contributed by atoms with Crippen molar-refractivity contribution in [2.45, 2.75) is 31.6 Å². The third-order valence-electron chi connectivity index (χ3n) is 6.11. The highest BCUT2D eigenvalue weighted by atomic mass is 16.5. The lowest BCUT2D eigenvalue weighted by molar-refractivity contribution is -0.138. The van der Waals surface area contributed by atoms with Crippen LogP contribution in [0.4, 0.5) is 4.79 Å². The van der Waals surface area contributed by atoms with Gasteiger partial charge in [-0.15, -0.1) is 0 Å². The van der Waals surface area contributed by atoms with Crippen LogP contribution in [0.1, 0.15) is 42.7 Å². The van der Waals surface area contributed by atoms with Crippen LogP contribution in [0.15, 0.2) is 48.5 Å². The first kappa shape index (κ1) is 18.5. The van der Waals surface area contributed by atoms with E-state index in [-0.39, 0.29) is 24.9 Å². The summed E-state index contributed by atoms with van der Waals surface area (Å²) < 4.78 is 5.53. The minimum atomic E-state index is -0.814. The van der Waals surface area contributed by atoms with E-state index in [4.69, 9.17) is 9.84 Å². The molecule has 2 aliphatic rings. The van der Waals surface area contributed by atoms with Crippen LogP contribution in [0.2, 0.25) is 0 Å². The average Bonchev–Trinajstić information content (AvgIpc) is 2.96. The summed E-state index contributed by atoms with van der Waals surface area (Å²) in [5, 5.41) is 11.9. The molecule has 0 radical (unpaired) electrons. The number of carbonyl (C=O) groups is 2. The molecule has 2 N–H and O–H groups in total. The maximum Gasteiger partial charge on any atom is 0.407 e. The number of carboxylic acid groups (broad SMARTS) is 1. The van der Waals surface area contributed by atoms with Crippen molar-refractivity contribution in [2.75, 3.05) is 13.2 Å². The fourth-order valence-electron chi connectivity index (χ4n) is 4.40. The van der Waals surface area contributed by atoms with Gasteiger partial charge in [-0.2, -0.15) is 0 Å². The highest BCUT2D eigenvalue weighted by molar-refractivity contribution is 5.79. The molecule has 0 bridgehead atoms. The number of nitrogens with one attached hydrogen (secondary N) is 1. The first-order chi connectivity index (χ1) is 13.6. The standard InChI is InChI=1S/C23H25NO4/c25-22(26)12-16(15-6-5-7-15)13-24-23(27)28-14-21-19-10-3-1-8-17(19)18-9-2-4-11-20(18)21/h1-4,8-11,15-16,21H,5-7,12-14H2,(H,24,27)(H,25,26). The van der Waals surface area contributed by atoms with Crippen LogP contribution < -0.4 is 5.32 Å². The zero-order valence-corrected chi connectivity index (χ0v) is 15.8. The molecule has 2 aromatic carbocycles. The molecule has 28 heavy (non-hydrogen) atoms. The van der Waals surface area contributed by atoms with Crippen molar-refractivity contribution in [3.63, 3.8) is 0 Å². The van der Waals surface area contributed by atoms with Crippen molar-refractivity contribution in [3.05, 3.63) is 59.7 Å². The van der Waals surface area contributed by atoms with E-state index in [1.54, 1.807) is 0 Å². The molecular formula is C23H25NO4. The van der Waals surface area contributed by atoms with Gasteiger partial charge in [-0.3, -0.25) is 4.79 Å². The lowest BCUT2D eigenvalue weighted by Gasteiger charge is -2.33. The van der Waals surface area contributed by atoms with Crippen LogP contribution >= 0.6 is 0 Å². The van der Waals surface area contributed by atoms with Crippen molar-refractivity contribution < 1.29 is 19.4 Å². The smallest absolute Gasteiger partial charge is 0.407 e. The van der Waals surface area contributed by atoms with Gasteiger partial charge < -0.3 is 15.2 Å². The lowest BCUT2D eigenvalue weighted by Crippen LogP contribution is -2.36. The van der Waals surface area contributed by atoms with E-state index in [0.717, 1.165) is 19.3 Å². The first-order valence-corrected chi connectivity index (χ1v) is 9.94. The lowest BCUT2D eigenvalue weighted by atomic mass is 9.74. The molecule has 1 fully saturated rings. The van der Waals surface area contributed by atoms with Crippen LogP contribution in [0.5, 0.6) is 0 Å². The summed E-state index contributed by atoms with van der Waals surface area (Å²) >= 11 is 0. The Hall–Kier alpha value is -2.82. The van der Waals surface area contributed by atoms with Crippen LogP contribution in [0.3, 0.4) is 0 Å². The number of carboxylic acids is 1. The van der Waals surface area contributed by atoms with E-state index in [9.17, 15) is 9.59 Å². The highest BCUT2D eigenvalue weighted by Crippen LogP contribution is 2.44. The van der Waals surface area contributed by atoms with Crippen LogP contribution in [0.25, 0.3) is 11.1 Å². The fraction of sp³-hybridized carbons (Fsp3) is 0.391. The Morgan fingerprint density at radius 1 is 1.04 bits per heavy atom. The van der Waals surface area contributed by atoms with Crippen molar-refractivity contribution in [1.29, 1.82) is 0 Å². The molecule has 0 spiro atoms. The Labute approximate surface area is 164 Å². The molecular weight excluding hydrogens is 354 g/mol. The second-order valence-electron chi connectivity index (χ2n) is 7.76. The molecule has 146 valence electrons. The van der Waals surface area contributed by atoms with Crippen molar-refractivity contribution in [3.8, 4) is 11.1 Å².